The van der Waals surface area contributed by atoms with Gasteiger partial charge in [-0.05, 0) is 48.9 Å². The Hall–Kier alpha value is -3.05. The van der Waals surface area contributed by atoms with E-state index in [9.17, 15) is 13.2 Å². The van der Waals surface area contributed by atoms with E-state index in [1.807, 2.05) is 13.0 Å². The van der Waals surface area contributed by atoms with E-state index in [0.29, 0.717) is 23.6 Å². The largest absolute Gasteiger partial charge is 0.494 e. The predicted octanol–water partition coefficient (Wildman–Crippen LogP) is 2.56. The van der Waals surface area contributed by atoms with Crippen LogP contribution >= 0.6 is 0 Å². The maximum absolute atomic E-state index is 13.3. The first kappa shape index (κ1) is 19.3. The fraction of sp³-hybridized carbons (Fsp3) is 0.333. The molecule has 2 amide bonds. The summed E-state index contributed by atoms with van der Waals surface area (Å²) in [5, 5.41) is 9.12. The van der Waals surface area contributed by atoms with Crippen LogP contribution < -0.4 is 9.64 Å². The first-order valence-corrected chi connectivity index (χ1v) is 11.3. The van der Waals surface area contributed by atoms with Crippen LogP contribution in [0.25, 0.3) is 0 Å². The highest BCUT2D eigenvalue weighted by atomic mass is 32.2. The maximum atomic E-state index is 13.3. The molecular formula is C21H21N3O4S. The third-order valence-corrected chi connectivity index (χ3v) is 7.01. The minimum Gasteiger partial charge on any atom is -0.494 e. The molecule has 2 aliphatic rings. The van der Waals surface area contributed by atoms with Crippen molar-refractivity contribution < 1.29 is 17.9 Å². The molecule has 8 heteroatoms. The van der Waals surface area contributed by atoms with Crippen molar-refractivity contribution in [2.45, 2.75) is 25.6 Å². The second-order valence-corrected chi connectivity index (χ2v) is 9.38. The first-order chi connectivity index (χ1) is 13.9. The maximum Gasteiger partial charge on any atom is 0.325 e. The summed E-state index contributed by atoms with van der Waals surface area (Å²) in [7, 11) is -3.24. The Labute approximate surface area is 170 Å². The second kappa shape index (κ2) is 7.41. The summed E-state index contributed by atoms with van der Waals surface area (Å²) in [6.45, 7) is 2.70. The van der Waals surface area contributed by atoms with Gasteiger partial charge in [0.1, 0.15) is 5.75 Å². The fourth-order valence-corrected chi connectivity index (χ4v) is 6.02. The molecule has 2 aliphatic heterocycles. The second-order valence-electron chi connectivity index (χ2n) is 7.23. The molecule has 7 nitrogen and oxygen atoms in total. The number of carbonyl (C=O) groups is 1. The van der Waals surface area contributed by atoms with Gasteiger partial charge in [-0.15, -0.1) is 0 Å². The number of nitrogens with zero attached hydrogens (tertiary/aromatic N) is 3. The Kier molecular flexibility index (Phi) is 4.92. The molecule has 2 atom stereocenters. The predicted molar refractivity (Wildman–Crippen MR) is 108 cm³/mol. The number of hydrogen-bond donors (Lipinski definition) is 0. The Bertz CT molecular complexity index is 1080. The average molecular weight is 411 g/mol. The molecule has 2 saturated heterocycles. The lowest BCUT2D eigenvalue weighted by Crippen LogP contribution is -2.37. The van der Waals surface area contributed by atoms with E-state index in [1.165, 1.54) is 0 Å². The van der Waals surface area contributed by atoms with Crippen molar-refractivity contribution in [3.8, 4) is 11.8 Å². The van der Waals surface area contributed by atoms with Crippen molar-refractivity contribution in [3.05, 3.63) is 59.7 Å². The number of sulfone groups is 1. The van der Waals surface area contributed by atoms with Gasteiger partial charge in [-0.25, -0.2) is 13.2 Å². The zero-order valence-electron chi connectivity index (χ0n) is 16.0. The van der Waals surface area contributed by atoms with Crippen molar-refractivity contribution in [2.24, 2.45) is 0 Å². The Morgan fingerprint density at radius 2 is 1.86 bits per heavy atom. The van der Waals surface area contributed by atoms with Crippen molar-refractivity contribution in [3.63, 3.8) is 0 Å². The van der Waals surface area contributed by atoms with E-state index >= 15 is 0 Å². The summed E-state index contributed by atoms with van der Waals surface area (Å²) < 4.78 is 30.1. The van der Waals surface area contributed by atoms with E-state index in [1.54, 1.807) is 52.3 Å². The van der Waals surface area contributed by atoms with Gasteiger partial charge in [0.2, 0.25) is 0 Å². The minimum absolute atomic E-state index is 0.0467. The van der Waals surface area contributed by atoms with Gasteiger partial charge < -0.3 is 9.64 Å². The van der Waals surface area contributed by atoms with Crippen LogP contribution in [0, 0.1) is 11.3 Å². The van der Waals surface area contributed by atoms with Crippen LogP contribution in [0.5, 0.6) is 5.75 Å². The molecule has 0 N–H and O–H groups in total. The van der Waals surface area contributed by atoms with Gasteiger partial charge in [0.05, 0.1) is 41.8 Å². The molecule has 0 aliphatic carbocycles. The Balaban J connectivity index is 1.66. The molecule has 4 rings (SSSR count). The highest BCUT2D eigenvalue weighted by molar-refractivity contribution is 7.91. The SMILES string of the molecule is CCOc1ccc(N2C(=O)N(Cc3cccc(C#N)c3)[C@@H]3CS(=O)(=O)C[C@@H]32)cc1. The summed E-state index contributed by atoms with van der Waals surface area (Å²) in [4.78, 5) is 16.5. The van der Waals surface area contributed by atoms with Crippen LogP contribution in [0.4, 0.5) is 10.5 Å². The molecule has 0 bridgehead atoms. The summed E-state index contributed by atoms with van der Waals surface area (Å²) in [5.74, 6) is 0.601. The number of amides is 2. The number of nitriles is 1. The highest BCUT2D eigenvalue weighted by Gasteiger charge is 2.53. The standard InChI is InChI=1S/C21H21N3O4S/c1-2-28-18-8-6-17(7-9-18)24-20-14-29(26,27)13-19(20)23(21(24)25)12-16-5-3-4-15(10-16)11-22/h3-10,19-20H,2,12-14H2,1H3/t19-,20+/m1/s1. The van der Waals surface area contributed by atoms with Crippen LogP contribution in [0.1, 0.15) is 18.1 Å². The number of benzene rings is 2. The van der Waals surface area contributed by atoms with E-state index in [-0.39, 0.29) is 24.1 Å². The molecule has 2 aromatic carbocycles. The van der Waals surface area contributed by atoms with E-state index < -0.39 is 21.9 Å². The van der Waals surface area contributed by atoms with Gasteiger partial charge in [-0.2, -0.15) is 5.26 Å². The summed E-state index contributed by atoms with van der Waals surface area (Å²) in [6, 6.07) is 15.2. The van der Waals surface area contributed by atoms with Crippen LogP contribution in [0.3, 0.4) is 0 Å². The summed E-state index contributed by atoms with van der Waals surface area (Å²) in [5.41, 5.74) is 1.96. The molecule has 150 valence electrons. The minimum atomic E-state index is -3.24. The zero-order chi connectivity index (χ0) is 20.6. The topological polar surface area (TPSA) is 90.7 Å². The number of ether oxygens (including phenoxy) is 1. The number of fused-ring (bicyclic) bond motifs is 1. The van der Waals surface area contributed by atoms with Crippen molar-refractivity contribution in [2.75, 3.05) is 23.0 Å². The molecule has 2 fully saturated rings. The van der Waals surface area contributed by atoms with Gasteiger partial charge in [0.25, 0.3) is 0 Å². The quantitative estimate of drug-likeness (QED) is 0.706. The van der Waals surface area contributed by atoms with Crippen LogP contribution in [-0.4, -0.2) is 49.5 Å². The normalized spacial score (nSPS) is 22.4. The lowest BCUT2D eigenvalue weighted by atomic mass is 10.1. The van der Waals surface area contributed by atoms with Crippen LogP contribution in [-0.2, 0) is 16.4 Å². The van der Waals surface area contributed by atoms with Gasteiger partial charge >= 0.3 is 6.03 Å². The van der Waals surface area contributed by atoms with Crippen molar-refractivity contribution in [1.82, 2.24) is 4.90 Å². The van der Waals surface area contributed by atoms with Gasteiger partial charge in [0, 0.05) is 12.2 Å². The van der Waals surface area contributed by atoms with Crippen LogP contribution in [0.2, 0.25) is 0 Å². The molecular weight excluding hydrogens is 390 g/mol. The number of carbonyl (C=O) groups excluding carboxylic acids is 1. The Morgan fingerprint density at radius 3 is 2.55 bits per heavy atom. The molecule has 0 spiro atoms. The lowest BCUT2D eigenvalue weighted by Gasteiger charge is -2.23. The fourth-order valence-electron chi connectivity index (χ4n) is 4.07. The average Bonchev–Trinajstić information content (AvgIpc) is 3.13. The first-order valence-electron chi connectivity index (χ1n) is 9.44. The van der Waals surface area contributed by atoms with E-state index in [4.69, 9.17) is 10.00 Å². The molecule has 0 unspecified atom stereocenters. The Morgan fingerprint density at radius 1 is 1.14 bits per heavy atom. The number of rotatable bonds is 5. The van der Waals surface area contributed by atoms with Gasteiger partial charge in [-0.1, -0.05) is 12.1 Å². The monoisotopic (exact) mass is 411 g/mol. The molecule has 0 saturated carbocycles. The number of hydrogen-bond acceptors (Lipinski definition) is 5. The third kappa shape index (κ3) is 3.66. The van der Waals surface area contributed by atoms with Crippen LogP contribution in [0.15, 0.2) is 48.5 Å². The summed E-state index contributed by atoms with van der Waals surface area (Å²) >= 11 is 0. The summed E-state index contributed by atoms with van der Waals surface area (Å²) in [6.07, 6.45) is 0. The highest BCUT2D eigenvalue weighted by Crippen LogP contribution is 2.36. The van der Waals surface area contributed by atoms with Crippen molar-refractivity contribution >= 4 is 21.6 Å². The molecule has 2 heterocycles. The molecule has 2 aromatic rings. The third-order valence-electron chi connectivity index (χ3n) is 5.31. The van der Waals surface area contributed by atoms with Gasteiger partial charge in [0.15, 0.2) is 9.84 Å². The lowest BCUT2D eigenvalue weighted by molar-refractivity contribution is 0.206. The van der Waals surface area contributed by atoms with E-state index in [2.05, 4.69) is 6.07 Å². The van der Waals surface area contributed by atoms with Gasteiger partial charge in [-0.3, -0.25) is 4.90 Å². The molecule has 0 radical (unpaired) electrons. The smallest absolute Gasteiger partial charge is 0.325 e. The van der Waals surface area contributed by atoms with E-state index in [0.717, 1.165) is 5.56 Å². The molecule has 29 heavy (non-hydrogen) atoms. The molecule has 0 aromatic heterocycles. The number of urea groups is 1. The van der Waals surface area contributed by atoms with Crippen molar-refractivity contribution in [1.29, 1.82) is 5.26 Å². The zero-order valence-corrected chi connectivity index (χ0v) is 16.8. The number of anilines is 1.